The first-order valence-corrected chi connectivity index (χ1v) is 6.32. The Kier molecular flexibility index (Phi) is 3.22. The van der Waals surface area contributed by atoms with Crippen LogP contribution in [0.1, 0.15) is 37.7 Å². The minimum absolute atomic E-state index is 0.151. The van der Waals surface area contributed by atoms with E-state index in [9.17, 15) is 9.90 Å². The summed E-state index contributed by atoms with van der Waals surface area (Å²) in [5.74, 6) is -0.460. The highest BCUT2D eigenvalue weighted by Crippen LogP contribution is 2.28. The van der Waals surface area contributed by atoms with E-state index in [1.165, 1.54) is 0 Å². The largest absolute Gasteiger partial charge is 0.476 e. The lowest BCUT2D eigenvalue weighted by Gasteiger charge is -2.35. The highest BCUT2D eigenvalue weighted by Gasteiger charge is 2.29. The predicted octanol–water partition coefficient (Wildman–Crippen LogP) is 2.66. The molecule has 2 aromatic rings. The van der Waals surface area contributed by atoms with Gasteiger partial charge in [-0.1, -0.05) is 13.0 Å². The molecule has 0 saturated carbocycles. The number of fused-ring (bicyclic) bond motifs is 1. The third kappa shape index (κ3) is 2.16. The van der Waals surface area contributed by atoms with Gasteiger partial charge in [0.25, 0.3) is 0 Å². The van der Waals surface area contributed by atoms with Crippen molar-refractivity contribution in [3.63, 3.8) is 0 Å². The summed E-state index contributed by atoms with van der Waals surface area (Å²) in [4.78, 5) is 17.9. The van der Waals surface area contributed by atoms with Gasteiger partial charge in [-0.3, -0.25) is 4.40 Å². The number of hydrogen-bond donors (Lipinski definition) is 1. The van der Waals surface area contributed by atoms with Crippen LogP contribution in [0.25, 0.3) is 5.65 Å². The Hall–Kier alpha value is -2.04. The number of carboxylic acid groups (broad SMARTS) is 1. The van der Waals surface area contributed by atoms with E-state index in [1.54, 1.807) is 16.7 Å². The third-order valence-corrected chi connectivity index (χ3v) is 3.81. The van der Waals surface area contributed by atoms with Crippen LogP contribution < -0.4 is 4.90 Å². The number of aromatic carboxylic acids is 1. The molecule has 0 saturated heterocycles. The third-order valence-electron chi connectivity index (χ3n) is 3.81. The van der Waals surface area contributed by atoms with Crippen molar-refractivity contribution in [3.8, 4) is 0 Å². The van der Waals surface area contributed by atoms with Gasteiger partial charge in [0.05, 0.1) is 0 Å². The van der Waals surface area contributed by atoms with Gasteiger partial charge >= 0.3 is 5.97 Å². The van der Waals surface area contributed by atoms with Crippen LogP contribution in [0.4, 0.5) is 5.82 Å². The lowest BCUT2D eigenvalue weighted by molar-refractivity contribution is 0.0690. The highest BCUT2D eigenvalue weighted by atomic mass is 16.4. The van der Waals surface area contributed by atoms with Gasteiger partial charge in [-0.25, -0.2) is 9.78 Å². The van der Waals surface area contributed by atoms with Crippen molar-refractivity contribution < 1.29 is 9.90 Å². The minimum atomic E-state index is -0.965. The summed E-state index contributed by atoms with van der Waals surface area (Å²) < 4.78 is 1.61. The predicted molar refractivity (Wildman–Crippen MR) is 74.9 cm³/mol. The number of hydrogen-bond acceptors (Lipinski definition) is 3. The molecule has 1 N–H and O–H groups in total. The molecule has 19 heavy (non-hydrogen) atoms. The van der Waals surface area contributed by atoms with Crippen LogP contribution in [0.3, 0.4) is 0 Å². The van der Waals surface area contributed by atoms with Crippen LogP contribution in [0.15, 0.2) is 24.4 Å². The van der Waals surface area contributed by atoms with E-state index >= 15 is 0 Å². The first-order valence-electron chi connectivity index (χ1n) is 6.32. The Morgan fingerprint density at radius 3 is 2.74 bits per heavy atom. The molecule has 0 aromatic carbocycles. The molecule has 0 radical (unpaired) electrons. The van der Waals surface area contributed by atoms with Crippen molar-refractivity contribution in [2.24, 2.45) is 0 Å². The second-order valence-corrected chi connectivity index (χ2v) is 5.24. The molecule has 0 bridgehead atoms. The Morgan fingerprint density at radius 1 is 1.47 bits per heavy atom. The summed E-state index contributed by atoms with van der Waals surface area (Å²) in [5, 5.41) is 9.45. The number of carbonyl (C=O) groups is 1. The van der Waals surface area contributed by atoms with Gasteiger partial charge < -0.3 is 10.0 Å². The maximum absolute atomic E-state index is 11.5. The SMILES string of the molecule is CCC(C)(C)N(C)c1nc2ccccn2c1C(=O)O. The first kappa shape index (κ1) is 13.4. The average molecular weight is 261 g/mol. The molecular weight excluding hydrogens is 242 g/mol. The van der Waals surface area contributed by atoms with E-state index in [1.807, 2.05) is 24.1 Å². The maximum atomic E-state index is 11.5. The standard InChI is InChI=1S/C14H19N3O2/c1-5-14(2,3)16(4)12-11(13(18)19)17-9-7-6-8-10(17)15-12/h6-9H,5H2,1-4H3,(H,18,19). The fourth-order valence-corrected chi connectivity index (χ4v) is 1.94. The van der Waals surface area contributed by atoms with Crippen LogP contribution in [0.5, 0.6) is 0 Å². The van der Waals surface area contributed by atoms with Crippen LogP contribution in [0.2, 0.25) is 0 Å². The van der Waals surface area contributed by atoms with Crippen LogP contribution in [-0.2, 0) is 0 Å². The van der Waals surface area contributed by atoms with Crippen molar-refractivity contribution in [2.45, 2.75) is 32.7 Å². The lowest BCUT2D eigenvalue weighted by atomic mass is 10.00. The van der Waals surface area contributed by atoms with Gasteiger partial charge in [0.2, 0.25) is 0 Å². The molecule has 0 fully saturated rings. The molecule has 0 atom stereocenters. The molecule has 5 nitrogen and oxygen atoms in total. The summed E-state index contributed by atoms with van der Waals surface area (Å²) in [6.07, 6.45) is 2.62. The summed E-state index contributed by atoms with van der Waals surface area (Å²) in [6.45, 7) is 6.22. The fourth-order valence-electron chi connectivity index (χ4n) is 1.94. The smallest absolute Gasteiger partial charge is 0.356 e. The number of carboxylic acids is 1. The zero-order chi connectivity index (χ0) is 14.2. The van der Waals surface area contributed by atoms with Gasteiger partial charge in [-0.2, -0.15) is 0 Å². The number of pyridine rings is 1. The van der Waals surface area contributed by atoms with E-state index in [4.69, 9.17) is 0 Å². The number of nitrogens with zero attached hydrogens (tertiary/aromatic N) is 3. The van der Waals surface area contributed by atoms with Crippen molar-refractivity contribution >= 4 is 17.4 Å². The summed E-state index contributed by atoms with van der Waals surface area (Å²) in [7, 11) is 1.89. The van der Waals surface area contributed by atoms with Crippen LogP contribution >= 0.6 is 0 Å². The summed E-state index contributed by atoms with van der Waals surface area (Å²) in [6, 6.07) is 5.46. The molecule has 0 spiro atoms. The van der Waals surface area contributed by atoms with Gasteiger partial charge in [0.1, 0.15) is 5.65 Å². The van der Waals surface area contributed by atoms with E-state index in [2.05, 4.69) is 25.8 Å². The molecule has 5 heteroatoms. The number of rotatable bonds is 4. The van der Waals surface area contributed by atoms with E-state index in [0.29, 0.717) is 11.5 Å². The second kappa shape index (κ2) is 4.57. The molecule has 0 unspecified atom stereocenters. The van der Waals surface area contributed by atoms with Gasteiger partial charge in [0, 0.05) is 18.8 Å². The fraction of sp³-hybridized carbons (Fsp3) is 0.429. The van der Waals surface area contributed by atoms with E-state index in [-0.39, 0.29) is 11.2 Å². The number of aromatic nitrogens is 2. The van der Waals surface area contributed by atoms with Gasteiger partial charge in [0.15, 0.2) is 11.5 Å². The topological polar surface area (TPSA) is 57.8 Å². The minimum Gasteiger partial charge on any atom is -0.476 e. The van der Waals surface area contributed by atoms with Crippen molar-refractivity contribution in [1.82, 2.24) is 9.38 Å². The maximum Gasteiger partial charge on any atom is 0.356 e. The average Bonchev–Trinajstić information content (AvgIpc) is 2.76. The van der Waals surface area contributed by atoms with Gasteiger partial charge in [-0.05, 0) is 32.4 Å². The van der Waals surface area contributed by atoms with Crippen molar-refractivity contribution in [2.75, 3.05) is 11.9 Å². The Bertz CT molecular complexity index is 616. The summed E-state index contributed by atoms with van der Waals surface area (Å²) in [5.41, 5.74) is 0.704. The molecule has 0 amide bonds. The monoisotopic (exact) mass is 261 g/mol. The molecule has 0 aliphatic rings. The van der Waals surface area contributed by atoms with Crippen LogP contribution in [0, 0.1) is 0 Å². The van der Waals surface area contributed by atoms with Crippen molar-refractivity contribution in [3.05, 3.63) is 30.1 Å². The molecular formula is C14H19N3O2. The molecule has 2 heterocycles. The van der Waals surface area contributed by atoms with Gasteiger partial charge in [-0.15, -0.1) is 0 Å². The zero-order valence-electron chi connectivity index (χ0n) is 11.7. The van der Waals surface area contributed by atoms with E-state index < -0.39 is 5.97 Å². The Morgan fingerprint density at radius 2 is 2.16 bits per heavy atom. The molecule has 102 valence electrons. The number of anilines is 1. The molecule has 2 aromatic heterocycles. The van der Waals surface area contributed by atoms with Crippen LogP contribution in [-0.4, -0.2) is 33.0 Å². The molecule has 0 aliphatic carbocycles. The lowest BCUT2D eigenvalue weighted by Crippen LogP contribution is -2.41. The number of imidazole rings is 1. The Labute approximate surface area is 112 Å². The molecule has 0 aliphatic heterocycles. The quantitative estimate of drug-likeness (QED) is 0.919. The normalized spacial score (nSPS) is 11.8. The van der Waals surface area contributed by atoms with E-state index in [0.717, 1.165) is 6.42 Å². The summed E-state index contributed by atoms with van der Waals surface area (Å²) >= 11 is 0. The zero-order valence-corrected chi connectivity index (χ0v) is 11.7. The molecule has 2 rings (SSSR count). The Balaban J connectivity index is 2.66. The second-order valence-electron chi connectivity index (χ2n) is 5.24. The van der Waals surface area contributed by atoms with Crippen molar-refractivity contribution in [1.29, 1.82) is 0 Å². The first-order chi connectivity index (χ1) is 8.88. The highest BCUT2D eigenvalue weighted by molar-refractivity contribution is 5.93.